The van der Waals surface area contributed by atoms with Crippen molar-refractivity contribution < 1.29 is 0 Å². The van der Waals surface area contributed by atoms with Crippen LogP contribution in [-0.2, 0) is 0 Å². The number of halogens is 1. The Labute approximate surface area is 104 Å². The molecule has 4 nitrogen and oxygen atoms in total. The molecule has 3 heterocycles. The van der Waals surface area contributed by atoms with Crippen molar-refractivity contribution in [3.8, 4) is 10.7 Å². The van der Waals surface area contributed by atoms with Crippen LogP contribution < -0.4 is 5.73 Å². The number of nitrogen functional groups attached to an aromatic ring is 1. The van der Waals surface area contributed by atoms with Gasteiger partial charge in [-0.25, -0.2) is 0 Å². The second-order valence-corrected chi connectivity index (χ2v) is 5.78. The number of pyridine rings is 1. The first-order valence-electron chi connectivity index (χ1n) is 4.60. The number of fused-ring (bicyclic) bond motifs is 1. The number of nitrogens with two attached hydrogens (primary N) is 1. The number of aromatic nitrogens is 3. The fourth-order valence-electron chi connectivity index (χ4n) is 1.51. The molecule has 0 radical (unpaired) electrons. The molecule has 0 unspecified atom stereocenters. The highest BCUT2D eigenvalue weighted by Gasteiger charge is 2.09. The summed E-state index contributed by atoms with van der Waals surface area (Å²) in [6, 6.07) is 7.67. The lowest BCUT2D eigenvalue weighted by Gasteiger charge is -1.97. The smallest absolute Gasteiger partial charge is 0.178 e. The van der Waals surface area contributed by atoms with E-state index < -0.39 is 0 Å². The van der Waals surface area contributed by atoms with Gasteiger partial charge in [-0.3, -0.25) is 4.40 Å². The molecule has 0 atom stereocenters. The molecule has 6 heteroatoms. The van der Waals surface area contributed by atoms with E-state index >= 15 is 0 Å². The normalized spacial score (nSPS) is 11.1. The van der Waals surface area contributed by atoms with Crippen molar-refractivity contribution in [2.45, 2.75) is 0 Å². The third-order valence-electron chi connectivity index (χ3n) is 2.22. The van der Waals surface area contributed by atoms with E-state index in [2.05, 4.69) is 26.1 Å². The first-order valence-corrected chi connectivity index (χ1v) is 6.21. The van der Waals surface area contributed by atoms with E-state index in [1.165, 1.54) is 0 Å². The molecule has 0 aromatic carbocycles. The maximum absolute atomic E-state index is 5.75. The van der Waals surface area contributed by atoms with Gasteiger partial charge in [0.1, 0.15) is 0 Å². The lowest BCUT2D eigenvalue weighted by atomic mass is 10.4. The van der Waals surface area contributed by atoms with Crippen molar-refractivity contribution >= 4 is 38.6 Å². The van der Waals surface area contributed by atoms with E-state index in [-0.39, 0.29) is 0 Å². The standard InChI is InChI=1S/C10H7BrN4S/c11-8-3-2-7(16-8)10-14-13-9-4-1-6(12)5-15(9)10/h1-5H,12H2. The molecule has 0 spiro atoms. The van der Waals surface area contributed by atoms with Gasteiger partial charge in [0.15, 0.2) is 11.5 Å². The Morgan fingerprint density at radius 1 is 1.19 bits per heavy atom. The first kappa shape index (κ1) is 9.80. The zero-order chi connectivity index (χ0) is 11.1. The van der Waals surface area contributed by atoms with Gasteiger partial charge in [-0.2, -0.15) is 0 Å². The van der Waals surface area contributed by atoms with Gasteiger partial charge < -0.3 is 5.73 Å². The van der Waals surface area contributed by atoms with Gasteiger partial charge in [0.25, 0.3) is 0 Å². The van der Waals surface area contributed by atoms with E-state index in [4.69, 9.17) is 5.73 Å². The van der Waals surface area contributed by atoms with Crippen molar-refractivity contribution in [1.82, 2.24) is 14.6 Å². The van der Waals surface area contributed by atoms with Gasteiger partial charge in [0.2, 0.25) is 0 Å². The molecule has 0 amide bonds. The number of anilines is 1. The molecule has 3 aromatic rings. The lowest BCUT2D eigenvalue weighted by molar-refractivity contribution is 1.12. The highest BCUT2D eigenvalue weighted by atomic mass is 79.9. The molecular weight excluding hydrogens is 288 g/mol. The number of hydrogen-bond donors (Lipinski definition) is 1. The van der Waals surface area contributed by atoms with Crippen molar-refractivity contribution in [3.05, 3.63) is 34.2 Å². The Hall–Kier alpha value is -1.40. The fraction of sp³-hybridized carbons (Fsp3) is 0. The van der Waals surface area contributed by atoms with Gasteiger partial charge in [-0.1, -0.05) is 0 Å². The Morgan fingerprint density at radius 2 is 2.06 bits per heavy atom. The minimum Gasteiger partial charge on any atom is -0.398 e. The molecule has 16 heavy (non-hydrogen) atoms. The van der Waals surface area contributed by atoms with Crippen LogP contribution in [0.25, 0.3) is 16.3 Å². The van der Waals surface area contributed by atoms with Gasteiger partial charge >= 0.3 is 0 Å². The van der Waals surface area contributed by atoms with Crippen LogP contribution in [0.3, 0.4) is 0 Å². The predicted octanol–water partition coefficient (Wildman–Crippen LogP) is 2.80. The third-order valence-corrected chi connectivity index (χ3v) is 3.84. The quantitative estimate of drug-likeness (QED) is 0.751. The van der Waals surface area contributed by atoms with Crippen LogP contribution >= 0.6 is 27.3 Å². The highest BCUT2D eigenvalue weighted by molar-refractivity contribution is 9.11. The van der Waals surface area contributed by atoms with Crippen LogP contribution in [0.4, 0.5) is 5.69 Å². The summed E-state index contributed by atoms with van der Waals surface area (Å²) in [6.07, 6.45) is 1.83. The summed E-state index contributed by atoms with van der Waals surface area (Å²) in [5.41, 5.74) is 7.25. The molecule has 80 valence electrons. The van der Waals surface area contributed by atoms with Crippen LogP contribution in [0.15, 0.2) is 34.2 Å². The van der Waals surface area contributed by atoms with Gasteiger partial charge in [-0.05, 0) is 40.2 Å². The summed E-state index contributed by atoms with van der Waals surface area (Å²) in [4.78, 5) is 1.06. The Bertz CT molecular complexity index is 658. The summed E-state index contributed by atoms with van der Waals surface area (Å²) in [6.45, 7) is 0. The number of hydrogen-bond acceptors (Lipinski definition) is 4. The SMILES string of the molecule is Nc1ccc2nnc(-c3ccc(Br)s3)n2c1. The van der Waals surface area contributed by atoms with Crippen molar-refractivity contribution in [2.24, 2.45) is 0 Å². The Kier molecular flexibility index (Phi) is 2.19. The molecule has 2 N–H and O–H groups in total. The predicted molar refractivity (Wildman–Crippen MR) is 68.4 cm³/mol. The zero-order valence-electron chi connectivity index (χ0n) is 8.09. The van der Waals surface area contributed by atoms with E-state index in [1.807, 2.05) is 34.9 Å². The molecule has 0 aliphatic heterocycles. The average Bonchev–Trinajstić information content (AvgIpc) is 2.83. The monoisotopic (exact) mass is 294 g/mol. The molecule has 0 saturated heterocycles. The largest absolute Gasteiger partial charge is 0.398 e. The third kappa shape index (κ3) is 1.50. The Balaban J connectivity index is 2.27. The summed E-state index contributed by atoms with van der Waals surface area (Å²) >= 11 is 5.05. The topological polar surface area (TPSA) is 56.2 Å². The minimum absolute atomic E-state index is 0.698. The summed E-state index contributed by atoms with van der Waals surface area (Å²) < 4.78 is 2.97. The maximum Gasteiger partial charge on any atom is 0.178 e. The van der Waals surface area contributed by atoms with E-state index in [9.17, 15) is 0 Å². The van der Waals surface area contributed by atoms with Crippen LogP contribution in [0.2, 0.25) is 0 Å². The van der Waals surface area contributed by atoms with Gasteiger partial charge in [-0.15, -0.1) is 21.5 Å². The molecule has 0 saturated carbocycles. The fourth-order valence-corrected chi connectivity index (χ4v) is 2.88. The Morgan fingerprint density at radius 3 is 2.81 bits per heavy atom. The molecule has 0 aliphatic carbocycles. The zero-order valence-corrected chi connectivity index (χ0v) is 10.5. The maximum atomic E-state index is 5.75. The molecule has 3 aromatic heterocycles. The van der Waals surface area contributed by atoms with E-state index in [0.29, 0.717) is 5.69 Å². The molecular formula is C10H7BrN4S. The van der Waals surface area contributed by atoms with Crippen LogP contribution in [0.5, 0.6) is 0 Å². The van der Waals surface area contributed by atoms with E-state index in [0.717, 1.165) is 20.1 Å². The van der Waals surface area contributed by atoms with Crippen molar-refractivity contribution in [3.63, 3.8) is 0 Å². The number of nitrogens with zero attached hydrogens (tertiary/aromatic N) is 3. The lowest BCUT2D eigenvalue weighted by Crippen LogP contribution is -1.91. The van der Waals surface area contributed by atoms with Gasteiger partial charge in [0, 0.05) is 11.9 Å². The average molecular weight is 295 g/mol. The first-order chi connectivity index (χ1) is 7.74. The van der Waals surface area contributed by atoms with Crippen LogP contribution in [0.1, 0.15) is 0 Å². The summed E-state index contributed by atoms with van der Waals surface area (Å²) in [5.74, 6) is 0.818. The second-order valence-electron chi connectivity index (χ2n) is 3.32. The summed E-state index contributed by atoms with van der Waals surface area (Å²) in [7, 11) is 0. The highest BCUT2D eigenvalue weighted by Crippen LogP contribution is 2.30. The minimum atomic E-state index is 0.698. The second kappa shape index (κ2) is 3.57. The van der Waals surface area contributed by atoms with E-state index in [1.54, 1.807) is 11.3 Å². The molecule has 0 bridgehead atoms. The molecule has 0 fully saturated rings. The molecule has 3 rings (SSSR count). The number of rotatable bonds is 1. The number of thiophene rings is 1. The van der Waals surface area contributed by atoms with Crippen molar-refractivity contribution in [2.75, 3.05) is 5.73 Å². The molecule has 0 aliphatic rings. The summed E-state index contributed by atoms with van der Waals surface area (Å²) in [5, 5.41) is 8.26. The van der Waals surface area contributed by atoms with Gasteiger partial charge in [0.05, 0.1) is 8.66 Å². The van der Waals surface area contributed by atoms with Crippen LogP contribution in [0, 0.1) is 0 Å². The van der Waals surface area contributed by atoms with Crippen molar-refractivity contribution in [1.29, 1.82) is 0 Å². The van der Waals surface area contributed by atoms with Crippen LogP contribution in [-0.4, -0.2) is 14.6 Å².